The third-order valence-electron chi connectivity index (χ3n) is 2.65. The van der Waals surface area contributed by atoms with E-state index in [0.29, 0.717) is 17.8 Å². The van der Waals surface area contributed by atoms with Crippen LogP contribution in [0, 0.1) is 0 Å². The van der Waals surface area contributed by atoms with Crippen molar-refractivity contribution in [2.45, 2.75) is 19.5 Å². The van der Waals surface area contributed by atoms with Gasteiger partial charge in [0.25, 0.3) is 5.91 Å². The van der Waals surface area contributed by atoms with Gasteiger partial charge in [-0.05, 0) is 19.1 Å². The molecule has 0 radical (unpaired) electrons. The van der Waals surface area contributed by atoms with Crippen LogP contribution >= 0.6 is 12.4 Å². The van der Waals surface area contributed by atoms with Crippen LogP contribution in [0.5, 0.6) is 0 Å². The lowest BCUT2D eigenvalue weighted by atomic mass is 10.1. The van der Waals surface area contributed by atoms with Crippen molar-refractivity contribution in [3.8, 4) is 0 Å². The van der Waals surface area contributed by atoms with Crippen LogP contribution in [-0.2, 0) is 6.54 Å². The van der Waals surface area contributed by atoms with Crippen LogP contribution in [0.3, 0.4) is 0 Å². The molecule has 0 aromatic carbocycles. The molecule has 0 bridgehead atoms. The molecule has 0 aliphatic rings. The van der Waals surface area contributed by atoms with Crippen LogP contribution in [0.15, 0.2) is 30.7 Å². The van der Waals surface area contributed by atoms with Crippen molar-refractivity contribution in [2.24, 2.45) is 5.73 Å². The fraction of sp³-hybridized carbons (Fsp3) is 0.250. The van der Waals surface area contributed by atoms with Crippen LogP contribution in [0.25, 0.3) is 0 Å². The van der Waals surface area contributed by atoms with E-state index < -0.39 is 0 Å². The number of halogens is 1. The first-order valence-corrected chi connectivity index (χ1v) is 5.65. The molecule has 1 unspecified atom stereocenters. The number of rotatable bonds is 4. The zero-order valence-electron chi connectivity index (χ0n) is 10.5. The van der Waals surface area contributed by atoms with Gasteiger partial charge in [0, 0.05) is 30.1 Å². The Labute approximate surface area is 117 Å². The van der Waals surface area contributed by atoms with Crippen LogP contribution in [-0.4, -0.2) is 21.1 Å². The zero-order chi connectivity index (χ0) is 13.0. The van der Waals surface area contributed by atoms with Gasteiger partial charge in [0.15, 0.2) is 0 Å². The molecule has 102 valence electrons. The Hall–Kier alpha value is -1.92. The van der Waals surface area contributed by atoms with Crippen molar-refractivity contribution < 1.29 is 4.79 Å². The molecule has 6 nitrogen and oxygen atoms in total. The topological polar surface area (TPSA) is 96.7 Å². The molecule has 2 heterocycles. The van der Waals surface area contributed by atoms with E-state index >= 15 is 0 Å². The fourth-order valence-corrected chi connectivity index (χ4v) is 1.59. The first-order chi connectivity index (χ1) is 8.70. The number of aromatic amines is 1. The highest BCUT2D eigenvalue weighted by Crippen LogP contribution is 2.10. The maximum atomic E-state index is 12.0. The number of hydrogen-bond acceptors (Lipinski definition) is 4. The third kappa shape index (κ3) is 3.77. The van der Waals surface area contributed by atoms with Crippen molar-refractivity contribution in [3.05, 3.63) is 47.5 Å². The Balaban J connectivity index is 0.00000180. The van der Waals surface area contributed by atoms with E-state index in [9.17, 15) is 4.79 Å². The minimum absolute atomic E-state index is 0. The van der Waals surface area contributed by atoms with E-state index in [1.54, 1.807) is 30.7 Å². The Morgan fingerprint density at radius 2 is 2.37 bits per heavy atom. The standard InChI is InChI=1S/C12H15N5O.ClH/c1-8(10-6-15-16-7-10)17-12(18)9-2-3-14-11(4-9)5-13;/h2-4,6-8H,5,13H2,1H3,(H,15,16)(H,17,18);1H. The fourth-order valence-electron chi connectivity index (χ4n) is 1.59. The molecule has 0 aliphatic heterocycles. The summed E-state index contributed by atoms with van der Waals surface area (Å²) < 4.78 is 0. The number of aromatic nitrogens is 3. The summed E-state index contributed by atoms with van der Waals surface area (Å²) in [5.41, 5.74) is 7.67. The molecule has 19 heavy (non-hydrogen) atoms. The van der Waals surface area contributed by atoms with E-state index in [0.717, 1.165) is 5.56 Å². The Morgan fingerprint density at radius 3 is 3.00 bits per heavy atom. The summed E-state index contributed by atoms with van der Waals surface area (Å²) in [6.07, 6.45) is 5.02. The van der Waals surface area contributed by atoms with E-state index in [-0.39, 0.29) is 24.4 Å². The van der Waals surface area contributed by atoms with Gasteiger partial charge in [-0.1, -0.05) is 0 Å². The van der Waals surface area contributed by atoms with Crippen molar-refractivity contribution in [1.82, 2.24) is 20.5 Å². The normalized spacial score (nSPS) is 11.5. The third-order valence-corrected chi connectivity index (χ3v) is 2.65. The first-order valence-electron chi connectivity index (χ1n) is 5.65. The summed E-state index contributed by atoms with van der Waals surface area (Å²) in [4.78, 5) is 16.1. The maximum absolute atomic E-state index is 12.0. The predicted molar refractivity (Wildman–Crippen MR) is 73.8 cm³/mol. The second-order valence-electron chi connectivity index (χ2n) is 3.97. The van der Waals surface area contributed by atoms with Gasteiger partial charge in [0.1, 0.15) is 0 Å². The summed E-state index contributed by atoms with van der Waals surface area (Å²) in [5, 5.41) is 9.44. The molecule has 0 fully saturated rings. The van der Waals surface area contributed by atoms with Crippen molar-refractivity contribution >= 4 is 18.3 Å². The van der Waals surface area contributed by atoms with E-state index in [1.165, 1.54) is 0 Å². The molecule has 2 aromatic heterocycles. The molecule has 2 aromatic rings. The van der Waals surface area contributed by atoms with Gasteiger partial charge in [-0.15, -0.1) is 12.4 Å². The molecule has 2 rings (SSSR count). The van der Waals surface area contributed by atoms with Crippen molar-refractivity contribution in [1.29, 1.82) is 0 Å². The Bertz CT molecular complexity index is 529. The molecule has 0 saturated heterocycles. The number of H-pyrrole nitrogens is 1. The average molecular weight is 282 g/mol. The minimum Gasteiger partial charge on any atom is -0.345 e. The molecular formula is C12H16ClN5O. The highest BCUT2D eigenvalue weighted by atomic mass is 35.5. The zero-order valence-corrected chi connectivity index (χ0v) is 11.3. The second kappa shape index (κ2) is 6.86. The van der Waals surface area contributed by atoms with Crippen molar-refractivity contribution in [3.63, 3.8) is 0 Å². The lowest BCUT2D eigenvalue weighted by molar-refractivity contribution is 0.0939. The largest absolute Gasteiger partial charge is 0.345 e. The number of hydrogen-bond donors (Lipinski definition) is 3. The molecule has 0 saturated carbocycles. The number of carbonyl (C=O) groups is 1. The SMILES string of the molecule is CC(NC(=O)c1ccnc(CN)c1)c1cn[nH]c1.Cl. The number of pyridine rings is 1. The number of carbonyl (C=O) groups excluding carboxylic acids is 1. The van der Waals surface area contributed by atoms with Crippen LogP contribution in [0.1, 0.15) is 34.6 Å². The van der Waals surface area contributed by atoms with E-state index in [2.05, 4.69) is 20.5 Å². The quantitative estimate of drug-likeness (QED) is 0.784. The Morgan fingerprint density at radius 1 is 1.58 bits per heavy atom. The van der Waals surface area contributed by atoms with E-state index in [4.69, 9.17) is 5.73 Å². The van der Waals surface area contributed by atoms with Gasteiger partial charge in [-0.2, -0.15) is 5.10 Å². The number of nitrogens with one attached hydrogen (secondary N) is 2. The maximum Gasteiger partial charge on any atom is 0.251 e. The highest BCUT2D eigenvalue weighted by Gasteiger charge is 2.12. The van der Waals surface area contributed by atoms with Gasteiger partial charge >= 0.3 is 0 Å². The van der Waals surface area contributed by atoms with Gasteiger partial charge in [0.2, 0.25) is 0 Å². The molecule has 7 heteroatoms. The summed E-state index contributed by atoms with van der Waals surface area (Å²) >= 11 is 0. The van der Waals surface area contributed by atoms with Gasteiger partial charge in [-0.3, -0.25) is 14.9 Å². The van der Waals surface area contributed by atoms with Crippen LogP contribution in [0.4, 0.5) is 0 Å². The summed E-state index contributed by atoms with van der Waals surface area (Å²) in [7, 11) is 0. The first kappa shape index (κ1) is 15.1. The summed E-state index contributed by atoms with van der Waals surface area (Å²) in [6, 6.07) is 3.25. The van der Waals surface area contributed by atoms with Crippen molar-refractivity contribution in [2.75, 3.05) is 0 Å². The van der Waals surface area contributed by atoms with Gasteiger partial charge in [0.05, 0.1) is 17.9 Å². The lowest BCUT2D eigenvalue weighted by Crippen LogP contribution is -2.26. The molecule has 1 atom stereocenters. The molecular weight excluding hydrogens is 266 g/mol. The average Bonchev–Trinajstić information content (AvgIpc) is 2.92. The lowest BCUT2D eigenvalue weighted by Gasteiger charge is -2.12. The van der Waals surface area contributed by atoms with Gasteiger partial charge in [-0.25, -0.2) is 0 Å². The number of nitrogens with two attached hydrogens (primary N) is 1. The van der Waals surface area contributed by atoms with Gasteiger partial charge < -0.3 is 11.1 Å². The minimum atomic E-state index is -0.152. The molecule has 4 N–H and O–H groups in total. The molecule has 1 amide bonds. The smallest absolute Gasteiger partial charge is 0.251 e. The predicted octanol–water partition coefficient (Wildman–Crippen LogP) is 1.18. The summed E-state index contributed by atoms with van der Waals surface area (Å²) in [6.45, 7) is 2.21. The number of amides is 1. The molecule has 0 aliphatic carbocycles. The van der Waals surface area contributed by atoms with E-state index in [1.807, 2.05) is 6.92 Å². The van der Waals surface area contributed by atoms with Crippen LogP contribution < -0.4 is 11.1 Å². The second-order valence-corrected chi connectivity index (χ2v) is 3.97. The van der Waals surface area contributed by atoms with Crippen LogP contribution in [0.2, 0.25) is 0 Å². The summed E-state index contributed by atoms with van der Waals surface area (Å²) in [5.74, 6) is -0.152. The molecule has 0 spiro atoms. The Kier molecular flexibility index (Phi) is 5.47. The monoisotopic (exact) mass is 281 g/mol. The number of nitrogens with zero attached hydrogens (tertiary/aromatic N) is 2. The highest BCUT2D eigenvalue weighted by molar-refractivity contribution is 5.94.